The van der Waals surface area contributed by atoms with Crippen LogP contribution in [-0.2, 0) is 11.3 Å². The molecule has 1 saturated heterocycles. The topological polar surface area (TPSA) is 65.7 Å². The van der Waals surface area contributed by atoms with Gasteiger partial charge in [0.15, 0.2) is 6.23 Å². The van der Waals surface area contributed by atoms with E-state index in [1.54, 1.807) is 0 Å². The van der Waals surface area contributed by atoms with Crippen molar-refractivity contribution >= 4 is 27.6 Å². The molecule has 0 spiro atoms. The summed E-state index contributed by atoms with van der Waals surface area (Å²) in [5, 5.41) is 0. The van der Waals surface area contributed by atoms with Gasteiger partial charge in [-0.1, -0.05) is 13.8 Å². The van der Waals surface area contributed by atoms with Crippen molar-refractivity contribution < 1.29 is 9.61 Å². The Labute approximate surface area is 119 Å². The lowest BCUT2D eigenvalue weighted by molar-refractivity contribution is -0.538. The summed E-state index contributed by atoms with van der Waals surface area (Å²) in [6.07, 6.45) is 0.634. The zero-order valence-corrected chi connectivity index (χ0v) is 12.7. The molecule has 104 valence electrons. The average Bonchev–Trinajstić information content (AvgIpc) is 3.01. The largest absolute Gasteiger partial charge is 0.393 e. The first-order valence-electron chi connectivity index (χ1n) is 6.36. The highest BCUT2D eigenvalue weighted by molar-refractivity contribution is 9.10. The van der Waals surface area contributed by atoms with Crippen LogP contribution in [0.4, 0.5) is 11.6 Å². The number of hydrogen-bond acceptors (Lipinski definition) is 4. The second-order valence-corrected chi connectivity index (χ2v) is 6.05. The number of ether oxygens (including phenoxy) is 1. The molecular formula is C11H17BrN5O2+. The number of nitroso groups, excluding NO2 is 1. The monoisotopic (exact) mass is 330 g/mol. The Morgan fingerprint density at radius 3 is 3.00 bits per heavy atom. The molecule has 1 N–H and O–H groups in total. The van der Waals surface area contributed by atoms with E-state index >= 15 is 0 Å². The van der Waals surface area contributed by atoms with Gasteiger partial charge in [-0.3, -0.25) is 0 Å². The first kappa shape index (κ1) is 12.9. The zero-order chi connectivity index (χ0) is 13.7. The van der Waals surface area contributed by atoms with Crippen LogP contribution in [-0.4, -0.2) is 33.9 Å². The summed E-state index contributed by atoms with van der Waals surface area (Å²) in [4.78, 5) is 19.3. The Morgan fingerprint density at radius 1 is 1.58 bits per heavy atom. The van der Waals surface area contributed by atoms with Crippen molar-refractivity contribution in [1.29, 1.82) is 0 Å². The molecule has 0 radical (unpaired) electrons. The molecule has 0 aromatic carbocycles. The summed E-state index contributed by atoms with van der Waals surface area (Å²) in [5.74, 6) is 1.74. The number of nitrogens with zero attached hydrogens (tertiary/aromatic N) is 4. The van der Waals surface area contributed by atoms with E-state index < -0.39 is 0 Å². The summed E-state index contributed by atoms with van der Waals surface area (Å²) in [7, 11) is 1.89. The lowest BCUT2D eigenvalue weighted by atomic mass is 10.1. The van der Waals surface area contributed by atoms with Crippen LogP contribution in [0, 0.1) is 10.8 Å². The smallest absolute Gasteiger partial charge is 0.323 e. The number of hydrogen-bond donors (Lipinski definition) is 1. The Bertz CT molecular complexity index is 529. The van der Waals surface area contributed by atoms with Gasteiger partial charge in [-0.25, -0.2) is 0 Å². The molecule has 7 nitrogen and oxygen atoms in total. The number of nitrogens with one attached hydrogen (secondary N) is 1. The molecule has 0 amide bonds. The van der Waals surface area contributed by atoms with Gasteiger partial charge in [-0.2, -0.15) is 15.0 Å². The van der Waals surface area contributed by atoms with Crippen molar-refractivity contribution in [3.05, 3.63) is 9.64 Å². The molecule has 19 heavy (non-hydrogen) atoms. The SMILES string of the molecule is CC(C)CCn1c(Br)nc2c1[N+](=O)NC1OC1N2C. The van der Waals surface area contributed by atoms with E-state index in [1.807, 2.05) is 16.5 Å². The van der Waals surface area contributed by atoms with E-state index in [4.69, 9.17) is 4.74 Å². The molecule has 2 atom stereocenters. The van der Waals surface area contributed by atoms with Gasteiger partial charge in [0, 0.05) is 23.0 Å². The number of rotatable bonds is 3. The molecule has 0 bridgehead atoms. The van der Waals surface area contributed by atoms with Crippen molar-refractivity contribution in [2.45, 2.75) is 39.3 Å². The van der Waals surface area contributed by atoms with E-state index in [0.29, 0.717) is 22.3 Å². The molecule has 2 aliphatic heterocycles. The maximum absolute atomic E-state index is 12.2. The number of aromatic nitrogens is 2. The predicted molar refractivity (Wildman–Crippen MR) is 72.9 cm³/mol. The Hall–Kier alpha value is -1.15. The fraction of sp³-hybridized carbons (Fsp3) is 0.727. The fourth-order valence-electron chi connectivity index (χ4n) is 2.22. The zero-order valence-electron chi connectivity index (χ0n) is 11.1. The van der Waals surface area contributed by atoms with Gasteiger partial charge < -0.3 is 9.64 Å². The van der Waals surface area contributed by atoms with Crippen molar-refractivity contribution in [3.63, 3.8) is 0 Å². The molecule has 1 fully saturated rings. The highest BCUT2D eigenvalue weighted by Gasteiger charge is 2.52. The van der Waals surface area contributed by atoms with Crippen LogP contribution in [0.1, 0.15) is 20.3 Å². The summed E-state index contributed by atoms with van der Waals surface area (Å²) in [6.45, 7) is 5.07. The van der Waals surface area contributed by atoms with Crippen molar-refractivity contribution in [3.8, 4) is 0 Å². The predicted octanol–water partition coefficient (Wildman–Crippen LogP) is 1.74. The van der Waals surface area contributed by atoms with Crippen LogP contribution >= 0.6 is 15.9 Å². The van der Waals surface area contributed by atoms with Crippen LogP contribution in [0.15, 0.2) is 4.73 Å². The normalized spacial score (nSPS) is 24.9. The second kappa shape index (κ2) is 4.45. The molecule has 0 saturated carbocycles. The summed E-state index contributed by atoms with van der Waals surface area (Å²) < 4.78 is 7.93. The summed E-state index contributed by atoms with van der Waals surface area (Å²) in [6, 6.07) is 0. The molecule has 0 aliphatic carbocycles. The highest BCUT2D eigenvalue weighted by Crippen LogP contribution is 2.39. The molecule has 3 rings (SSSR count). The van der Waals surface area contributed by atoms with Crippen LogP contribution in [0.2, 0.25) is 0 Å². The Kier molecular flexibility index (Phi) is 3.01. The third kappa shape index (κ3) is 2.12. The Morgan fingerprint density at radius 2 is 2.32 bits per heavy atom. The fourth-order valence-corrected chi connectivity index (χ4v) is 2.73. The third-order valence-electron chi connectivity index (χ3n) is 3.43. The van der Waals surface area contributed by atoms with E-state index in [1.165, 1.54) is 0 Å². The molecule has 2 unspecified atom stereocenters. The standard InChI is InChI=1S/C11H17BrN5O2/c1-6(2)4-5-16-9-7(13-11(16)12)15(3)10-8(19-10)14-17(9)18/h6,8,10H,4-5H2,1-3H3,(H,14,18)/q+1. The van der Waals surface area contributed by atoms with Crippen LogP contribution in [0.25, 0.3) is 0 Å². The van der Waals surface area contributed by atoms with Crippen molar-refractivity contribution in [2.75, 3.05) is 11.9 Å². The van der Waals surface area contributed by atoms with Crippen molar-refractivity contribution in [2.24, 2.45) is 5.92 Å². The molecule has 8 heteroatoms. The van der Waals surface area contributed by atoms with Crippen LogP contribution < -0.4 is 10.3 Å². The first-order chi connectivity index (χ1) is 8.99. The molecule has 1 aromatic heterocycles. The molecule has 2 aliphatic rings. The number of anilines is 1. The molecular weight excluding hydrogens is 314 g/mol. The van der Waals surface area contributed by atoms with E-state index in [2.05, 4.69) is 40.2 Å². The minimum atomic E-state index is -0.242. The minimum Gasteiger partial charge on any atom is -0.323 e. The lowest BCUT2D eigenvalue weighted by Gasteiger charge is -2.09. The van der Waals surface area contributed by atoms with Crippen molar-refractivity contribution in [1.82, 2.24) is 15.0 Å². The highest BCUT2D eigenvalue weighted by atomic mass is 79.9. The summed E-state index contributed by atoms with van der Waals surface area (Å²) >= 11 is 3.43. The van der Waals surface area contributed by atoms with Gasteiger partial charge in [-0.05, 0) is 17.2 Å². The quantitative estimate of drug-likeness (QED) is 0.675. The minimum absolute atomic E-state index is 0.113. The van der Waals surface area contributed by atoms with E-state index in [0.717, 1.165) is 17.8 Å². The molecule has 3 heterocycles. The van der Waals surface area contributed by atoms with Crippen LogP contribution in [0.5, 0.6) is 0 Å². The maximum Gasteiger partial charge on any atom is 0.393 e. The van der Waals surface area contributed by atoms with Gasteiger partial charge in [-0.15, -0.1) is 0 Å². The number of imidazole rings is 1. The molecule has 1 aromatic rings. The van der Waals surface area contributed by atoms with E-state index in [9.17, 15) is 4.91 Å². The average molecular weight is 331 g/mol. The first-order valence-corrected chi connectivity index (χ1v) is 7.16. The number of hydrazine groups is 1. The van der Waals surface area contributed by atoms with Crippen LogP contribution in [0.3, 0.4) is 0 Å². The van der Waals surface area contributed by atoms with Gasteiger partial charge in [0.2, 0.25) is 12.0 Å². The lowest BCUT2D eigenvalue weighted by Crippen LogP contribution is -2.29. The van der Waals surface area contributed by atoms with Gasteiger partial charge >= 0.3 is 5.82 Å². The van der Waals surface area contributed by atoms with Gasteiger partial charge in [0.05, 0.1) is 11.4 Å². The van der Waals surface area contributed by atoms with E-state index in [-0.39, 0.29) is 12.5 Å². The number of fused-ring (bicyclic) bond motifs is 2. The third-order valence-corrected chi connectivity index (χ3v) is 4.03. The van der Waals surface area contributed by atoms with Gasteiger partial charge in [0.25, 0.3) is 4.73 Å². The second-order valence-electron chi connectivity index (χ2n) is 5.34. The maximum atomic E-state index is 12.2. The number of epoxide rings is 1. The number of halogens is 1. The van der Waals surface area contributed by atoms with Gasteiger partial charge in [0.1, 0.15) is 0 Å². The Balaban J connectivity index is 1.98. The summed E-state index contributed by atoms with van der Waals surface area (Å²) in [5.41, 5.74) is 2.78. The number of likely N-dealkylation sites (N-methyl/N-ethyl adjacent to an activating group) is 1.